The van der Waals surface area contributed by atoms with E-state index in [4.69, 9.17) is 34.4 Å². The van der Waals surface area contributed by atoms with Crippen LogP contribution in [-0.2, 0) is 84.8 Å². The van der Waals surface area contributed by atoms with Gasteiger partial charge in [-0.2, -0.15) is 0 Å². The molecule has 0 spiro atoms. The Morgan fingerprint density at radius 3 is 1.31 bits per heavy atom. The number of carboxylic acid groups (broad SMARTS) is 2. The summed E-state index contributed by atoms with van der Waals surface area (Å²) in [4.78, 5) is 212. The number of phenolic OH excluding ortho intramolecular Hbond substituents is 1. The molecule has 0 aliphatic heterocycles. The van der Waals surface area contributed by atoms with Crippen molar-refractivity contribution in [2.24, 2.45) is 57.1 Å². The summed E-state index contributed by atoms with van der Waals surface area (Å²) in [7, 11) is 0. The van der Waals surface area contributed by atoms with E-state index in [1.165, 1.54) is 38.1 Å². The van der Waals surface area contributed by atoms with Crippen molar-refractivity contribution in [1.29, 1.82) is 0 Å². The van der Waals surface area contributed by atoms with Crippen LogP contribution < -0.4 is 92.9 Å². The zero-order valence-electron chi connectivity index (χ0n) is 62.1. The number of aliphatic imine (C=N–C) groups is 1. The van der Waals surface area contributed by atoms with Crippen LogP contribution in [0.1, 0.15) is 144 Å². The Morgan fingerprint density at radius 1 is 0.454 bits per heavy atom. The van der Waals surface area contributed by atoms with Crippen molar-refractivity contribution in [3.05, 3.63) is 65.9 Å². The molecule has 0 bridgehead atoms. The molecule has 3 aromatic rings. The van der Waals surface area contributed by atoms with E-state index in [9.17, 15) is 92.3 Å². The maximum absolute atomic E-state index is 14.7. The molecular formula is C70H109N19O19. The molecule has 0 saturated carbocycles. The van der Waals surface area contributed by atoms with Crippen LogP contribution in [0.3, 0.4) is 0 Å². The van der Waals surface area contributed by atoms with Crippen molar-refractivity contribution in [2.75, 3.05) is 13.1 Å². The molecule has 0 aliphatic rings. The molecule has 0 aliphatic carbocycles. The van der Waals surface area contributed by atoms with E-state index >= 15 is 0 Å². The largest absolute Gasteiger partial charge is 0.508 e. The fourth-order valence-corrected chi connectivity index (χ4v) is 11.1. The average Bonchev–Trinajstić information content (AvgIpc) is 1.64. The minimum absolute atomic E-state index is 0.00894. The number of benzene rings is 2. The summed E-state index contributed by atoms with van der Waals surface area (Å²) in [5, 5.41) is 67.8. The lowest BCUT2D eigenvalue weighted by atomic mass is 9.99. The lowest BCUT2D eigenvalue weighted by molar-refractivity contribution is -0.142. The first-order valence-electron chi connectivity index (χ1n) is 35.6. The molecule has 2 aromatic carbocycles. The number of aromatic amines is 1. The van der Waals surface area contributed by atoms with Gasteiger partial charge in [-0.05, 0) is 125 Å². The zero-order valence-corrected chi connectivity index (χ0v) is 62.1. The number of hydrogen-bond acceptors (Lipinski definition) is 20. The monoisotopic (exact) mass is 1520 g/mol. The van der Waals surface area contributed by atoms with Gasteiger partial charge in [-0.15, -0.1) is 0 Å². The maximum atomic E-state index is 14.7. The number of nitrogens with two attached hydrogens (primary N) is 6. The van der Waals surface area contributed by atoms with Crippen LogP contribution in [0.2, 0.25) is 0 Å². The molecular weight excluding hydrogens is 1410 g/mol. The number of aliphatic hydroxyl groups excluding tert-OH is 1. The molecule has 0 radical (unpaired) electrons. The minimum atomic E-state index is -1.88. The zero-order chi connectivity index (χ0) is 81.2. The van der Waals surface area contributed by atoms with Crippen molar-refractivity contribution < 1.29 is 92.3 Å². The van der Waals surface area contributed by atoms with Crippen LogP contribution in [-0.4, -0.2) is 212 Å². The van der Waals surface area contributed by atoms with E-state index in [2.05, 4.69) is 68.5 Å². The summed E-state index contributed by atoms with van der Waals surface area (Å²) in [5.41, 5.74) is 34.8. The van der Waals surface area contributed by atoms with Crippen molar-refractivity contribution in [1.82, 2.24) is 63.5 Å². The number of unbranched alkanes of at least 4 members (excludes halogenated alkanes) is 1. The van der Waals surface area contributed by atoms with Gasteiger partial charge < -0.3 is 118 Å². The highest BCUT2D eigenvalue weighted by Crippen LogP contribution is 2.21. The highest BCUT2D eigenvalue weighted by molar-refractivity contribution is 6.01. The summed E-state index contributed by atoms with van der Waals surface area (Å²) in [6, 6.07) is -6.58. The number of carbonyl (C=O) groups is 15. The molecule has 0 unspecified atom stereocenters. The molecule has 0 saturated heterocycles. The number of nitrogens with zero attached hydrogens (tertiary/aromatic N) is 1. The molecule has 598 valence electrons. The minimum Gasteiger partial charge on any atom is -0.508 e. The van der Waals surface area contributed by atoms with E-state index in [1.807, 2.05) is 0 Å². The Kier molecular flexibility index (Phi) is 38.4. The maximum Gasteiger partial charge on any atom is 0.326 e. The molecule has 28 N–H and O–H groups in total. The van der Waals surface area contributed by atoms with E-state index in [0.717, 1.165) is 0 Å². The van der Waals surface area contributed by atoms with Crippen LogP contribution in [0, 0.1) is 17.8 Å². The van der Waals surface area contributed by atoms with Gasteiger partial charge in [0.25, 0.3) is 0 Å². The molecule has 0 fully saturated rings. The fourth-order valence-electron chi connectivity index (χ4n) is 11.1. The van der Waals surface area contributed by atoms with Crippen LogP contribution in [0.15, 0.2) is 59.7 Å². The third kappa shape index (κ3) is 32.8. The molecule has 1 heterocycles. The van der Waals surface area contributed by atoms with Crippen molar-refractivity contribution in [3.8, 4) is 5.75 Å². The number of carbonyl (C=O) groups excluding carboxylic acids is 13. The third-order valence-corrected chi connectivity index (χ3v) is 16.8. The van der Waals surface area contributed by atoms with Gasteiger partial charge >= 0.3 is 11.9 Å². The second-order valence-electron chi connectivity index (χ2n) is 27.8. The Hall–Kier alpha value is -11.0. The Labute approximate surface area is 624 Å². The predicted molar refractivity (Wildman–Crippen MR) is 394 cm³/mol. The van der Waals surface area contributed by atoms with Gasteiger partial charge in [0, 0.05) is 42.9 Å². The van der Waals surface area contributed by atoms with Gasteiger partial charge in [-0.3, -0.25) is 72.1 Å². The molecule has 13 amide bonds. The Balaban J connectivity index is 1.95. The predicted octanol–water partition coefficient (Wildman–Crippen LogP) is -4.26. The van der Waals surface area contributed by atoms with Gasteiger partial charge in [0.1, 0.15) is 78.3 Å². The number of aliphatic carboxylic acids is 2. The Morgan fingerprint density at radius 2 is 0.852 bits per heavy atom. The highest BCUT2D eigenvalue weighted by Gasteiger charge is 2.38. The van der Waals surface area contributed by atoms with Gasteiger partial charge in [-0.25, -0.2) is 4.79 Å². The van der Waals surface area contributed by atoms with E-state index in [-0.39, 0.29) is 94.4 Å². The van der Waals surface area contributed by atoms with Crippen LogP contribution in [0.25, 0.3) is 10.9 Å². The second-order valence-corrected chi connectivity index (χ2v) is 27.8. The van der Waals surface area contributed by atoms with E-state index in [1.54, 1.807) is 72.0 Å². The summed E-state index contributed by atoms with van der Waals surface area (Å²) >= 11 is 0. The lowest BCUT2D eigenvalue weighted by Crippen LogP contribution is -2.61. The van der Waals surface area contributed by atoms with E-state index < -0.39 is 199 Å². The molecule has 38 nitrogen and oxygen atoms in total. The number of aromatic hydroxyl groups is 1. The summed E-state index contributed by atoms with van der Waals surface area (Å²) in [6.45, 7) is 12.9. The SMILES string of the molecule is CC(C)C[C@H](NC(=O)[C@H](CC(C)C)NC(=O)[C@H](CCCCN)NC(=O)[C@H](CCC(=O)O)NC(=O)[C@H](CC(C)C)NC(=O)[C@H](CC(N)=O)NC(=O)[C@H](C)NC(=O)[C@H](Cc1ccc(O)cc1)NC(=O)[C@H](Cc1c[nH]c2ccccc12)NC(=O)[C@H](CC(N)=O)NC(=O)[C@@H](N)[C@@H](C)O)C(=O)N[C@@H](CCCN=C(N)N)C(=O)O. The van der Waals surface area contributed by atoms with Crippen molar-refractivity contribution >= 4 is 106 Å². The van der Waals surface area contributed by atoms with Gasteiger partial charge in [0.2, 0.25) is 76.8 Å². The number of para-hydroxylation sites is 1. The van der Waals surface area contributed by atoms with Crippen LogP contribution in [0.4, 0.5) is 0 Å². The van der Waals surface area contributed by atoms with Crippen molar-refractivity contribution in [3.63, 3.8) is 0 Å². The number of carboxylic acids is 2. The number of aromatic nitrogens is 1. The molecule has 38 heteroatoms. The van der Waals surface area contributed by atoms with Crippen molar-refractivity contribution in [2.45, 2.75) is 224 Å². The number of fused-ring (bicyclic) bond motifs is 1. The van der Waals surface area contributed by atoms with Gasteiger partial charge in [-0.1, -0.05) is 71.9 Å². The lowest BCUT2D eigenvalue weighted by Gasteiger charge is -2.29. The fraction of sp³-hybridized carbons (Fsp3) is 0.571. The number of phenols is 1. The molecule has 13 atom stereocenters. The number of H-pyrrole nitrogens is 1. The molecule has 3 rings (SSSR count). The number of primary amides is 2. The summed E-state index contributed by atoms with van der Waals surface area (Å²) in [6.07, 6.45) is -3.07. The Bertz CT molecular complexity index is 3620. The second kappa shape index (κ2) is 45.5. The quantitative estimate of drug-likeness (QED) is 0.0145. The number of guanidine groups is 1. The number of aliphatic hydroxyl groups is 1. The molecule has 108 heavy (non-hydrogen) atoms. The normalized spacial score (nSPS) is 14.9. The standard InChI is InChI=1S/C70H109N19O19/c1-34(2)26-47(62(100)81-45(22-23-56(94)95)60(98)80-44(16-11-12-24-71)59(97)84-49(28-36(5)6)64(102)85-48(27-35(3)4)63(101)82-46(69(107)108)17-13-25-77-70(75)76)86-66(104)52(31-54(72)92)83-58(96)37(7)79-61(99)50(29-39-18-20-41(91)21-19-39)87-65(103)51(30-40-33-78-43-15-10-9-14-42(40)43)88-67(105)53(32-55(73)93)89-68(106)57(74)38(8)90/h9-10,14-15,18-21,33-38,44-53,57,78,90-91H,11-13,16-17,22-32,71,74H2,1-8H3,(H2,72,92)(H2,73,93)(H,79,99)(H,80,98)(H,81,100)(H,82,101)(H,83,96)(H,84,97)(H,85,102)(H,86,104)(H,87,103)(H,88,105)(H,89,106)(H,94,95)(H,107,108)(H4,75,76,77)/t37-,38+,44-,45-,46-,47-,48-,49-,50-,51-,52-,53-,57-/m0/s1. The van der Waals surface area contributed by atoms with E-state index in [0.29, 0.717) is 28.5 Å². The number of rotatable bonds is 49. The summed E-state index contributed by atoms with van der Waals surface area (Å²) < 4.78 is 0. The number of hydrogen-bond donors (Lipinski definition) is 22. The first-order chi connectivity index (χ1) is 50.7. The number of amides is 13. The summed E-state index contributed by atoms with van der Waals surface area (Å²) in [5.74, 6) is -17.5. The topological polar surface area (TPSA) is 654 Å². The van der Waals surface area contributed by atoms with Crippen LogP contribution in [0.5, 0.6) is 5.75 Å². The first-order valence-corrected chi connectivity index (χ1v) is 35.6. The first kappa shape index (κ1) is 91.2. The number of nitrogens with one attached hydrogen (secondary N) is 12. The average molecular weight is 1520 g/mol. The smallest absolute Gasteiger partial charge is 0.326 e. The highest BCUT2D eigenvalue weighted by atomic mass is 16.4. The molecule has 1 aromatic heterocycles. The van der Waals surface area contributed by atoms with Crippen LogP contribution >= 0.6 is 0 Å². The van der Waals surface area contributed by atoms with Gasteiger partial charge in [0.15, 0.2) is 5.96 Å². The van der Waals surface area contributed by atoms with Gasteiger partial charge in [0.05, 0.1) is 18.9 Å². The third-order valence-electron chi connectivity index (χ3n) is 16.8.